The molecule has 26 heavy (non-hydrogen) atoms. The van der Waals surface area contributed by atoms with E-state index in [1.807, 2.05) is 30.0 Å². The highest BCUT2D eigenvalue weighted by Gasteiger charge is 2.50. The van der Waals surface area contributed by atoms with Crippen molar-refractivity contribution in [1.29, 1.82) is 0 Å². The number of hydrogen-bond donors (Lipinski definition) is 0. The van der Waals surface area contributed by atoms with E-state index >= 15 is 0 Å². The summed E-state index contributed by atoms with van der Waals surface area (Å²) in [6, 6.07) is 8.07. The van der Waals surface area contributed by atoms with Crippen LogP contribution >= 0.6 is 11.8 Å². The summed E-state index contributed by atoms with van der Waals surface area (Å²) in [6.45, 7) is 0. The van der Waals surface area contributed by atoms with Crippen LogP contribution in [0, 0.1) is 23.2 Å². The highest BCUT2D eigenvalue weighted by atomic mass is 32.2. The fourth-order valence-electron chi connectivity index (χ4n) is 6.27. The molecule has 0 spiro atoms. The number of para-hydroxylation sites is 2. The van der Waals surface area contributed by atoms with Crippen molar-refractivity contribution >= 4 is 11.8 Å². The molecule has 0 radical (unpaired) electrons. The summed E-state index contributed by atoms with van der Waals surface area (Å²) in [4.78, 5) is 0. The topological polar surface area (TPSA) is 39.9 Å². The van der Waals surface area contributed by atoms with E-state index in [0.29, 0.717) is 5.41 Å². The van der Waals surface area contributed by atoms with Crippen molar-refractivity contribution in [3.05, 3.63) is 30.6 Å². The molecule has 4 nitrogen and oxygen atoms in total. The summed E-state index contributed by atoms with van der Waals surface area (Å²) < 4.78 is 7.57. The zero-order valence-electron chi connectivity index (χ0n) is 15.4. The molecule has 0 saturated heterocycles. The number of benzene rings is 1. The molecule has 6 rings (SSSR count). The Morgan fingerprint density at radius 1 is 1.12 bits per heavy atom. The van der Waals surface area contributed by atoms with Gasteiger partial charge in [0.15, 0.2) is 5.16 Å². The smallest absolute Gasteiger partial charge is 0.195 e. The molecule has 2 aromatic rings. The first-order valence-electron chi connectivity index (χ1n) is 9.91. The van der Waals surface area contributed by atoms with Gasteiger partial charge in [0, 0.05) is 5.75 Å². The molecule has 4 saturated carbocycles. The molecular weight excluding hydrogens is 342 g/mol. The number of ether oxygens (including phenoxy) is 1. The first-order valence-corrected chi connectivity index (χ1v) is 10.9. The van der Waals surface area contributed by atoms with Crippen LogP contribution < -0.4 is 4.74 Å². The largest absolute Gasteiger partial charge is 0.495 e. The lowest BCUT2D eigenvalue weighted by molar-refractivity contribution is -0.0538. The molecule has 1 aromatic carbocycles. The Morgan fingerprint density at radius 2 is 1.81 bits per heavy atom. The number of nitrogens with zero attached hydrogens (tertiary/aromatic N) is 3. The fourth-order valence-corrected chi connectivity index (χ4v) is 7.38. The number of hydrogen-bond acceptors (Lipinski definition) is 4. The Kier molecular flexibility index (Phi) is 4.23. The SMILES string of the molecule is COc1ccccc1-n1cnnc1SCCC12CC3CC(CC(C3)C1)C2. The predicted molar refractivity (Wildman–Crippen MR) is 104 cm³/mol. The van der Waals surface area contributed by atoms with Crippen molar-refractivity contribution in [2.45, 2.75) is 50.1 Å². The molecule has 0 atom stereocenters. The molecule has 5 heteroatoms. The van der Waals surface area contributed by atoms with Crippen LogP contribution in [0.5, 0.6) is 5.75 Å². The van der Waals surface area contributed by atoms with Gasteiger partial charge < -0.3 is 4.74 Å². The molecule has 0 amide bonds. The van der Waals surface area contributed by atoms with Crippen molar-refractivity contribution in [3.8, 4) is 11.4 Å². The van der Waals surface area contributed by atoms with Crippen molar-refractivity contribution in [1.82, 2.24) is 14.8 Å². The van der Waals surface area contributed by atoms with E-state index in [1.54, 1.807) is 13.4 Å². The van der Waals surface area contributed by atoms with Crippen LogP contribution in [0.1, 0.15) is 44.9 Å². The summed E-state index contributed by atoms with van der Waals surface area (Å²) in [6.07, 6.45) is 12.2. The quantitative estimate of drug-likeness (QED) is 0.674. The van der Waals surface area contributed by atoms with Gasteiger partial charge in [-0.15, -0.1) is 10.2 Å². The minimum absolute atomic E-state index is 0.636. The fraction of sp³-hybridized carbons (Fsp3) is 0.619. The Labute approximate surface area is 159 Å². The van der Waals surface area contributed by atoms with Crippen LogP contribution in [0.3, 0.4) is 0 Å². The Bertz CT molecular complexity index is 752. The molecule has 4 fully saturated rings. The zero-order valence-corrected chi connectivity index (χ0v) is 16.3. The van der Waals surface area contributed by atoms with Gasteiger partial charge in [-0.2, -0.15) is 0 Å². The first kappa shape index (κ1) is 16.7. The molecule has 0 N–H and O–H groups in total. The van der Waals surface area contributed by atoms with E-state index in [-0.39, 0.29) is 0 Å². The van der Waals surface area contributed by atoms with Gasteiger partial charge in [0.05, 0.1) is 12.8 Å². The standard InChI is InChI=1S/C21H27N3OS/c1-25-19-5-3-2-4-18(19)24-14-22-23-20(24)26-7-6-21-11-15-8-16(12-21)10-17(9-15)13-21/h2-5,14-17H,6-13H2,1H3. The molecular formula is C21H27N3OS. The summed E-state index contributed by atoms with van der Waals surface area (Å²) in [5, 5.41) is 9.50. The number of thioether (sulfide) groups is 1. The molecule has 4 bridgehead atoms. The molecule has 4 aliphatic carbocycles. The lowest BCUT2D eigenvalue weighted by atomic mass is 9.49. The molecule has 0 aliphatic heterocycles. The normalized spacial score (nSPS) is 32.1. The summed E-state index contributed by atoms with van der Waals surface area (Å²) >= 11 is 1.85. The van der Waals surface area contributed by atoms with E-state index in [1.165, 1.54) is 44.9 Å². The second kappa shape index (κ2) is 6.59. The lowest BCUT2D eigenvalue weighted by Gasteiger charge is -2.57. The summed E-state index contributed by atoms with van der Waals surface area (Å²) in [7, 11) is 1.71. The Balaban J connectivity index is 1.28. The van der Waals surface area contributed by atoms with Crippen LogP contribution in [-0.2, 0) is 0 Å². The second-order valence-electron chi connectivity index (χ2n) is 8.67. The minimum atomic E-state index is 0.636. The van der Waals surface area contributed by atoms with Crippen LogP contribution in [0.4, 0.5) is 0 Å². The molecule has 1 aromatic heterocycles. The van der Waals surface area contributed by atoms with Gasteiger partial charge in [-0.1, -0.05) is 23.9 Å². The maximum atomic E-state index is 5.51. The van der Waals surface area contributed by atoms with Gasteiger partial charge in [-0.25, -0.2) is 0 Å². The minimum Gasteiger partial charge on any atom is -0.495 e. The van der Waals surface area contributed by atoms with Gasteiger partial charge in [-0.05, 0) is 80.2 Å². The summed E-state index contributed by atoms with van der Waals surface area (Å²) in [5.74, 6) is 5.09. The van der Waals surface area contributed by atoms with E-state index < -0.39 is 0 Å². The second-order valence-corrected chi connectivity index (χ2v) is 9.73. The zero-order chi connectivity index (χ0) is 17.6. The van der Waals surface area contributed by atoms with Crippen LogP contribution in [0.25, 0.3) is 5.69 Å². The van der Waals surface area contributed by atoms with Crippen molar-refractivity contribution < 1.29 is 4.74 Å². The maximum Gasteiger partial charge on any atom is 0.195 e. The summed E-state index contributed by atoms with van der Waals surface area (Å²) in [5.41, 5.74) is 1.65. The molecule has 1 heterocycles. The third kappa shape index (κ3) is 2.94. The number of aromatic nitrogens is 3. The van der Waals surface area contributed by atoms with Gasteiger partial charge in [0.25, 0.3) is 0 Å². The molecule has 0 unspecified atom stereocenters. The number of rotatable bonds is 6. The van der Waals surface area contributed by atoms with Gasteiger partial charge in [0.1, 0.15) is 12.1 Å². The van der Waals surface area contributed by atoms with Crippen LogP contribution in [-0.4, -0.2) is 27.6 Å². The maximum absolute atomic E-state index is 5.51. The Hall–Kier alpha value is -1.49. The average Bonchev–Trinajstić information content (AvgIpc) is 3.08. The van der Waals surface area contributed by atoms with Crippen LogP contribution in [0.15, 0.2) is 35.7 Å². The van der Waals surface area contributed by atoms with Gasteiger partial charge >= 0.3 is 0 Å². The van der Waals surface area contributed by atoms with Gasteiger partial charge in [-0.3, -0.25) is 4.57 Å². The van der Waals surface area contributed by atoms with E-state index in [2.05, 4.69) is 20.8 Å². The monoisotopic (exact) mass is 369 g/mol. The van der Waals surface area contributed by atoms with E-state index in [0.717, 1.165) is 40.1 Å². The lowest BCUT2D eigenvalue weighted by Crippen LogP contribution is -2.46. The van der Waals surface area contributed by atoms with Crippen molar-refractivity contribution in [2.24, 2.45) is 23.2 Å². The third-order valence-corrected chi connectivity index (χ3v) is 7.83. The first-order chi connectivity index (χ1) is 12.7. The Morgan fingerprint density at radius 3 is 2.50 bits per heavy atom. The number of methoxy groups -OCH3 is 1. The predicted octanol–water partition coefficient (Wildman–Crippen LogP) is 4.97. The van der Waals surface area contributed by atoms with E-state index in [4.69, 9.17) is 4.74 Å². The molecule has 138 valence electrons. The van der Waals surface area contributed by atoms with Crippen LogP contribution in [0.2, 0.25) is 0 Å². The highest BCUT2D eigenvalue weighted by Crippen LogP contribution is 2.61. The van der Waals surface area contributed by atoms with Crippen molar-refractivity contribution in [2.75, 3.05) is 12.9 Å². The van der Waals surface area contributed by atoms with E-state index in [9.17, 15) is 0 Å². The van der Waals surface area contributed by atoms with Crippen molar-refractivity contribution in [3.63, 3.8) is 0 Å². The highest BCUT2D eigenvalue weighted by molar-refractivity contribution is 7.99. The third-order valence-electron chi connectivity index (χ3n) is 6.89. The average molecular weight is 370 g/mol. The molecule has 4 aliphatic rings. The van der Waals surface area contributed by atoms with Gasteiger partial charge in [0.2, 0.25) is 0 Å².